The fourth-order valence-corrected chi connectivity index (χ4v) is 3.15. The molecule has 0 amide bonds. The van der Waals surface area contributed by atoms with Crippen molar-refractivity contribution in [3.8, 4) is 17.1 Å². The van der Waals surface area contributed by atoms with E-state index >= 15 is 0 Å². The number of aromatic carboxylic acids is 1. The second kappa shape index (κ2) is 6.77. The highest BCUT2D eigenvalue weighted by Gasteiger charge is 2.15. The number of benzene rings is 2. The van der Waals surface area contributed by atoms with Crippen LogP contribution in [0.5, 0.6) is 0 Å². The third-order valence-electron chi connectivity index (χ3n) is 4.58. The van der Waals surface area contributed by atoms with Crippen LogP contribution in [-0.2, 0) is 0 Å². The van der Waals surface area contributed by atoms with Crippen molar-refractivity contribution in [3.05, 3.63) is 66.0 Å². The van der Waals surface area contributed by atoms with Crippen molar-refractivity contribution < 1.29 is 9.90 Å². The van der Waals surface area contributed by atoms with Gasteiger partial charge >= 0.3 is 5.97 Å². The van der Waals surface area contributed by atoms with Gasteiger partial charge in [-0.3, -0.25) is 0 Å². The molecular weight excluding hydrogens is 354 g/mol. The summed E-state index contributed by atoms with van der Waals surface area (Å²) in [7, 11) is 3.83. The van der Waals surface area contributed by atoms with Crippen LogP contribution in [0.15, 0.2) is 54.9 Å². The summed E-state index contributed by atoms with van der Waals surface area (Å²) in [6.07, 6.45) is 2.69. The highest BCUT2D eigenvalue weighted by molar-refractivity contribution is 5.93. The average Bonchev–Trinajstić information content (AvgIpc) is 3.17. The Kier molecular flexibility index (Phi) is 4.27. The summed E-state index contributed by atoms with van der Waals surface area (Å²) in [5.74, 6) is 0.0258. The molecule has 0 aliphatic rings. The maximum absolute atomic E-state index is 11.1. The van der Waals surface area contributed by atoms with Crippen LogP contribution in [-0.4, -0.2) is 44.9 Å². The van der Waals surface area contributed by atoms with E-state index in [1.165, 1.54) is 22.6 Å². The van der Waals surface area contributed by atoms with E-state index < -0.39 is 5.97 Å². The molecule has 7 heteroatoms. The number of rotatable bonds is 4. The Morgan fingerprint density at radius 3 is 2.57 bits per heavy atom. The quantitative estimate of drug-likeness (QED) is 0.589. The predicted octanol–water partition coefficient (Wildman–Crippen LogP) is 3.56. The molecule has 7 nitrogen and oxygen atoms in total. The van der Waals surface area contributed by atoms with Gasteiger partial charge in [-0.2, -0.15) is 10.1 Å². The van der Waals surface area contributed by atoms with Crippen LogP contribution in [0.2, 0.25) is 0 Å². The molecule has 1 N–H and O–H groups in total. The fraction of sp³-hybridized carbons (Fsp3) is 0.143. The monoisotopic (exact) mass is 373 g/mol. The summed E-state index contributed by atoms with van der Waals surface area (Å²) < 4.78 is 1.38. The first-order chi connectivity index (χ1) is 13.4. The fourth-order valence-electron chi connectivity index (χ4n) is 3.15. The van der Waals surface area contributed by atoms with Crippen LogP contribution in [0, 0.1) is 6.92 Å². The molecule has 28 heavy (non-hydrogen) atoms. The molecule has 2 aromatic heterocycles. The summed E-state index contributed by atoms with van der Waals surface area (Å²) in [4.78, 5) is 22.3. The molecule has 4 aromatic rings. The van der Waals surface area contributed by atoms with Gasteiger partial charge in [-0.05, 0) is 35.7 Å². The normalized spacial score (nSPS) is 11.0. The van der Waals surface area contributed by atoms with Gasteiger partial charge in [0.15, 0.2) is 0 Å². The zero-order valence-electron chi connectivity index (χ0n) is 15.8. The first-order valence-corrected chi connectivity index (χ1v) is 8.77. The second-order valence-electron chi connectivity index (χ2n) is 6.77. The van der Waals surface area contributed by atoms with Gasteiger partial charge in [0.1, 0.15) is 5.82 Å². The molecule has 0 aliphatic heterocycles. The van der Waals surface area contributed by atoms with Crippen molar-refractivity contribution in [1.82, 2.24) is 19.7 Å². The predicted molar refractivity (Wildman–Crippen MR) is 108 cm³/mol. The summed E-state index contributed by atoms with van der Waals surface area (Å²) >= 11 is 0. The van der Waals surface area contributed by atoms with Gasteiger partial charge in [-0.25, -0.2) is 14.5 Å². The van der Waals surface area contributed by atoms with Crippen molar-refractivity contribution in [3.63, 3.8) is 0 Å². The molecule has 0 radical (unpaired) electrons. The lowest BCUT2D eigenvalue weighted by molar-refractivity contribution is 0.0697. The van der Waals surface area contributed by atoms with Gasteiger partial charge in [0.2, 0.25) is 0 Å². The van der Waals surface area contributed by atoms with E-state index in [-0.39, 0.29) is 5.56 Å². The van der Waals surface area contributed by atoms with Gasteiger partial charge in [0.05, 0.1) is 17.3 Å². The highest BCUT2D eigenvalue weighted by Crippen LogP contribution is 2.30. The molecule has 4 rings (SSSR count). The summed E-state index contributed by atoms with van der Waals surface area (Å²) in [6.45, 7) is 2.09. The standard InChI is InChI=1S/C21H19N5O2/c1-13-6-4-5-7-16(13)14-8-9-18-17(10-14)19(25(2)3)24-21(23-18)26-12-15(11-22-26)20(27)28/h4-12H,1-3H3,(H,27,28). The number of anilines is 1. The molecule has 2 heterocycles. The number of aryl methyl sites for hydroxylation is 1. The Balaban J connectivity index is 1.89. The zero-order valence-corrected chi connectivity index (χ0v) is 15.8. The molecule has 0 unspecified atom stereocenters. The van der Waals surface area contributed by atoms with Crippen molar-refractivity contribution >= 4 is 22.7 Å². The lowest BCUT2D eigenvalue weighted by Gasteiger charge is -2.16. The molecule has 0 spiro atoms. The lowest BCUT2D eigenvalue weighted by Crippen LogP contribution is -2.14. The Morgan fingerprint density at radius 1 is 1.11 bits per heavy atom. The zero-order chi connectivity index (χ0) is 19.8. The van der Waals surface area contributed by atoms with Crippen LogP contribution in [0.3, 0.4) is 0 Å². The summed E-state index contributed by atoms with van der Waals surface area (Å²) in [5, 5.41) is 14.1. The van der Waals surface area contributed by atoms with Crippen LogP contribution in [0.1, 0.15) is 15.9 Å². The molecule has 0 saturated carbocycles. The minimum absolute atomic E-state index is 0.0880. The lowest BCUT2D eigenvalue weighted by atomic mass is 9.99. The number of fused-ring (bicyclic) bond motifs is 1. The third kappa shape index (κ3) is 3.07. The number of aromatic nitrogens is 4. The van der Waals surface area contributed by atoms with Gasteiger partial charge in [0.25, 0.3) is 5.95 Å². The molecule has 0 saturated heterocycles. The van der Waals surface area contributed by atoms with Crippen molar-refractivity contribution in [2.75, 3.05) is 19.0 Å². The maximum Gasteiger partial charge on any atom is 0.338 e. The van der Waals surface area contributed by atoms with Crippen LogP contribution >= 0.6 is 0 Å². The molecule has 2 aromatic carbocycles. The van der Waals surface area contributed by atoms with E-state index in [9.17, 15) is 4.79 Å². The largest absolute Gasteiger partial charge is 0.478 e. The second-order valence-corrected chi connectivity index (χ2v) is 6.77. The molecule has 140 valence electrons. The number of hydrogen-bond acceptors (Lipinski definition) is 5. The molecule has 0 bridgehead atoms. The Morgan fingerprint density at radius 2 is 1.89 bits per heavy atom. The highest BCUT2D eigenvalue weighted by atomic mass is 16.4. The van der Waals surface area contributed by atoms with Crippen LogP contribution in [0.4, 0.5) is 5.82 Å². The smallest absolute Gasteiger partial charge is 0.338 e. The summed E-state index contributed by atoms with van der Waals surface area (Å²) in [6, 6.07) is 14.3. The van der Waals surface area contributed by atoms with E-state index in [4.69, 9.17) is 5.11 Å². The SMILES string of the molecule is Cc1ccccc1-c1ccc2nc(-n3cc(C(=O)O)cn3)nc(N(C)C)c2c1. The van der Waals surface area contributed by atoms with Crippen molar-refractivity contribution in [2.24, 2.45) is 0 Å². The summed E-state index contributed by atoms with van der Waals surface area (Å²) in [5.41, 5.74) is 4.31. The number of nitrogens with zero attached hydrogens (tertiary/aromatic N) is 5. The van der Waals surface area contributed by atoms with E-state index in [0.717, 1.165) is 27.8 Å². The Bertz CT molecular complexity index is 1200. The molecule has 0 atom stereocenters. The van der Waals surface area contributed by atoms with Crippen molar-refractivity contribution in [1.29, 1.82) is 0 Å². The first-order valence-electron chi connectivity index (χ1n) is 8.77. The number of carbonyl (C=O) groups is 1. The minimum Gasteiger partial charge on any atom is -0.478 e. The number of hydrogen-bond donors (Lipinski definition) is 1. The van der Waals surface area contributed by atoms with E-state index in [0.29, 0.717) is 5.95 Å². The average molecular weight is 373 g/mol. The van der Waals surface area contributed by atoms with Gasteiger partial charge in [-0.1, -0.05) is 30.3 Å². The Labute approximate surface area is 161 Å². The van der Waals surface area contributed by atoms with E-state index in [2.05, 4.69) is 40.2 Å². The van der Waals surface area contributed by atoms with Gasteiger partial charge in [-0.15, -0.1) is 0 Å². The van der Waals surface area contributed by atoms with Crippen molar-refractivity contribution in [2.45, 2.75) is 6.92 Å². The number of carboxylic acid groups (broad SMARTS) is 1. The van der Waals surface area contributed by atoms with Gasteiger partial charge < -0.3 is 10.0 Å². The van der Waals surface area contributed by atoms with E-state index in [1.54, 1.807) is 0 Å². The Hall–Kier alpha value is -3.74. The van der Waals surface area contributed by atoms with Gasteiger partial charge in [0, 0.05) is 25.7 Å². The maximum atomic E-state index is 11.1. The third-order valence-corrected chi connectivity index (χ3v) is 4.58. The molecule has 0 fully saturated rings. The minimum atomic E-state index is -1.04. The van der Waals surface area contributed by atoms with Crippen LogP contribution in [0.25, 0.3) is 28.0 Å². The molecular formula is C21H19N5O2. The van der Waals surface area contributed by atoms with Crippen LogP contribution < -0.4 is 4.90 Å². The first kappa shape index (κ1) is 17.7. The number of carboxylic acids is 1. The van der Waals surface area contributed by atoms with E-state index in [1.807, 2.05) is 43.3 Å². The topological polar surface area (TPSA) is 84.1 Å². The molecule has 0 aliphatic carbocycles.